The first-order valence-electron chi connectivity index (χ1n) is 18.7. The number of rotatable bonds is 23. The SMILES string of the molecule is CC[Si](CC)(CC)O[C@H](/C(C)=C/[C@@H](C)C1SCCCS1)[C@@H](OC)[C@H](OCc1ccc(OC)cc1)[C@H](C)C[C@H](C)COCc1ccc(OC)cc1. The van der Waals surface area contributed by atoms with E-state index in [4.69, 9.17) is 28.1 Å². The zero-order valence-corrected chi connectivity index (χ0v) is 35.2. The molecule has 50 heavy (non-hydrogen) atoms. The summed E-state index contributed by atoms with van der Waals surface area (Å²) in [6.07, 6.45) is 4.08. The molecule has 0 spiro atoms. The van der Waals surface area contributed by atoms with E-state index in [-0.39, 0.29) is 24.2 Å². The van der Waals surface area contributed by atoms with Crippen molar-refractivity contribution in [1.29, 1.82) is 0 Å². The zero-order chi connectivity index (χ0) is 36.5. The van der Waals surface area contributed by atoms with Gasteiger partial charge in [0.05, 0.1) is 44.2 Å². The maximum atomic E-state index is 7.44. The van der Waals surface area contributed by atoms with Gasteiger partial charge in [0.15, 0.2) is 8.32 Å². The molecule has 0 radical (unpaired) electrons. The topological polar surface area (TPSA) is 55.4 Å². The van der Waals surface area contributed by atoms with E-state index in [2.05, 4.69) is 102 Å². The van der Waals surface area contributed by atoms with Gasteiger partial charge in [-0.15, -0.1) is 23.5 Å². The molecule has 6 atom stereocenters. The van der Waals surface area contributed by atoms with E-state index in [1.807, 2.05) is 31.4 Å². The molecule has 0 saturated carbocycles. The van der Waals surface area contributed by atoms with E-state index in [0.29, 0.717) is 36.2 Å². The maximum Gasteiger partial charge on any atom is 0.193 e. The number of ether oxygens (including phenoxy) is 5. The Labute approximate surface area is 314 Å². The highest BCUT2D eigenvalue weighted by molar-refractivity contribution is 8.17. The van der Waals surface area contributed by atoms with Gasteiger partial charge >= 0.3 is 0 Å². The van der Waals surface area contributed by atoms with E-state index in [1.54, 1.807) is 14.2 Å². The van der Waals surface area contributed by atoms with Gasteiger partial charge in [0.25, 0.3) is 0 Å². The molecule has 1 saturated heterocycles. The van der Waals surface area contributed by atoms with Crippen LogP contribution < -0.4 is 9.47 Å². The summed E-state index contributed by atoms with van der Waals surface area (Å²) in [5.74, 6) is 5.15. The van der Waals surface area contributed by atoms with Crippen LogP contribution in [0.25, 0.3) is 0 Å². The van der Waals surface area contributed by atoms with Crippen molar-refractivity contribution < 1.29 is 28.1 Å². The molecule has 1 fully saturated rings. The second kappa shape index (κ2) is 22.6. The molecule has 1 aliphatic rings. The van der Waals surface area contributed by atoms with E-state index < -0.39 is 8.32 Å². The molecule has 0 bridgehead atoms. The minimum absolute atomic E-state index is 0.183. The van der Waals surface area contributed by atoms with Gasteiger partial charge in [0.2, 0.25) is 0 Å². The zero-order valence-electron chi connectivity index (χ0n) is 32.6. The summed E-state index contributed by atoms with van der Waals surface area (Å²) in [4.78, 5) is 0. The van der Waals surface area contributed by atoms with Crippen LogP contribution in [0.3, 0.4) is 0 Å². The maximum absolute atomic E-state index is 7.44. The van der Waals surface area contributed by atoms with Gasteiger partial charge in [-0.1, -0.05) is 71.9 Å². The summed E-state index contributed by atoms with van der Waals surface area (Å²) in [6.45, 7) is 17.9. The van der Waals surface area contributed by atoms with Crippen LogP contribution in [0.1, 0.15) is 72.4 Å². The van der Waals surface area contributed by atoms with Crippen LogP contribution in [0.2, 0.25) is 18.1 Å². The Morgan fingerprint density at radius 3 is 1.84 bits per heavy atom. The van der Waals surface area contributed by atoms with Crippen molar-refractivity contribution >= 4 is 31.8 Å². The van der Waals surface area contributed by atoms with Crippen molar-refractivity contribution in [2.45, 2.75) is 116 Å². The molecule has 1 aliphatic heterocycles. The van der Waals surface area contributed by atoms with Crippen LogP contribution in [0, 0.1) is 17.8 Å². The number of methoxy groups -OCH3 is 3. The van der Waals surface area contributed by atoms with Gasteiger partial charge in [-0.05, 0) is 108 Å². The Morgan fingerprint density at radius 2 is 1.34 bits per heavy atom. The summed E-state index contributed by atoms with van der Waals surface area (Å²) < 4.78 is 38.5. The van der Waals surface area contributed by atoms with Crippen LogP contribution in [0.15, 0.2) is 60.2 Å². The summed E-state index contributed by atoms with van der Waals surface area (Å²) in [6, 6.07) is 19.5. The third-order valence-corrected chi connectivity index (χ3v) is 18.2. The van der Waals surface area contributed by atoms with Crippen molar-refractivity contribution in [2.75, 3.05) is 39.4 Å². The molecule has 0 N–H and O–H groups in total. The molecular formula is C41H66O6S2Si. The van der Waals surface area contributed by atoms with E-state index >= 15 is 0 Å². The smallest absolute Gasteiger partial charge is 0.193 e. The Kier molecular flexibility index (Phi) is 19.4. The van der Waals surface area contributed by atoms with Gasteiger partial charge in [-0.2, -0.15) is 0 Å². The third kappa shape index (κ3) is 13.2. The predicted octanol–water partition coefficient (Wildman–Crippen LogP) is 10.7. The molecule has 3 rings (SSSR count). The van der Waals surface area contributed by atoms with Crippen molar-refractivity contribution in [3.8, 4) is 11.5 Å². The molecule has 1 heterocycles. The first-order chi connectivity index (χ1) is 24.1. The van der Waals surface area contributed by atoms with Crippen molar-refractivity contribution in [3.63, 3.8) is 0 Å². The molecule has 0 aliphatic carbocycles. The molecule has 282 valence electrons. The Morgan fingerprint density at radius 1 is 0.800 bits per heavy atom. The van der Waals surface area contributed by atoms with E-state index in [9.17, 15) is 0 Å². The second-order valence-corrected chi connectivity index (χ2v) is 21.5. The molecule has 0 amide bonds. The van der Waals surface area contributed by atoms with Gasteiger partial charge in [0.1, 0.15) is 17.6 Å². The van der Waals surface area contributed by atoms with Gasteiger partial charge in [0, 0.05) is 13.7 Å². The fourth-order valence-corrected chi connectivity index (χ4v) is 12.8. The van der Waals surface area contributed by atoms with Crippen molar-refractivity contribution in [1.82, 2.24) is 0 Å². The molecule has 2 aromatic rings. The lowest BCUT2D eigenvalue weighted by atomic mass is 9.86. The van der Waals surface area contributed by atoms with Crippen molar-refractivity contribution in [2.24, 2.45) is 17.8 Å². The van der Waals surface area contributed by atoms with Crippen LogP contribution in [0.5, 0.6) is 11.5 Å². The van der Waals surface area contributed by atoms with Crippen LogP contribution >= 0.6 is 23.5 Å². The minimum atomic E-state index is -2.01. The normalized spacial score (nSPS) is 18.2. The molecule has 2 aromatic carbocycles. The first kappa shape index (κ1) is 42.9. The minimum Gasteiger partial charge on any atom is -0.497 e. The monoisotopic (exact) mass is 746 g/mol. The summed E-state index contributed by atoms with van der Waals surface area (Å²) >= 11 is 4.21. The standard InChI is InChI=1S/C41H66O6S2Si/c1-11-50(12-2,13-3)47-39(32(6)26-33(7)41-48-23-14-24-49-41)40(44-10)38(46-29-35-17-21-37(43-9)22-18-35)31(5)25-30(4)27-45-28-34-15-19-36(42-8)20-16-34/h15-22,26,30-31,33,38-41H,11-14,23-25,27-29H2,1-10H3/b32-26+/t30-,31+,33+,38+,39+,40-/m0/s1. The first-order valence-corrected chi connectivity index (χ1v) is 23.3. The number of allylic oxidation sites excluding steroid dienone is 1. The van der Waals surface area contributed by atoms with Gasteiger partial charge in [-0.3, -0.25) is 0 Å². The largest absolute Gasteiger partial charge is 0.497 e. The predicted molar refractivity (Wildman–Crippen MR) is 216 cm³/mol. The van der Waals surface area contributed by atoms with Crippen LogP contribution in [-0.4, -0.2) is 70.7 Å². The highest BCUT2D eigenvalue weighted by Crippen LogP contribution is 2.38. The molecule has 0 unspecified atom stereocenters. The van der Waals surface area contributed by atoms with Gasteiger partial charge < -0.3 is 28.1 Å². The summed E-state index contributed by atoms with van der Waals surface area (Å²) in [5.41, 5.74) is 3.52. The number of benzene rings is 2. The number of thioether (sulfide) groups is 2. The Bertz CT molecular complexity index is 1220. The van der Waals surface area contributed by atoms with Crippen molar-refractivity contribution in [3.05, 3.63) is 71.3 Å². The molecule has 9 heteroatoms. The second-order valence-electron chi connectivity index (χ2n) is 14.0. The highest BCUT2D eigenvalue weighted by atomic mass is 32.2. The molecular weight excluding hydrogens is 681 g/mol. The highest BCUT2D eigenvalue weighted by Gasteiger charge is 2.41. The lowest BCUT2D eigenvalue weighted by molar-refractivity contribution is -0.123. The lowest BCUT2D eigenvalue weighted by Gasteiger charge is -2.42. The molecule has 6 nitrogen and oxygen atoms in total. The number of hydrogen-bond acceptors (Lipinski definition) is 8. The lowest BCUT2D eigenvalue weighted by Crippen LogP contribution is -2.51. The Hall–Kier alpha value is -1.46. The summed E-state index contributed by atoms with van der Waals surface area (Å²) in [7, 11) is 3.22. The molecule has 0 aromatic heterocycles. The van der Waals surface area contributed by atoms with Gasteiger partial charge in [-0.25, -0.2) is 0 Å². The fourth-order valence-electron chi connectivity index (χ4n) is 6.95. The number of hydrogen-bond donors (Lipinski definition) is 0. The summed E-state index contributed by atoms with van der Waals surface area (Å²) in [5, 5.41) is 0. The third-order valence-electron chi connectivity index (χ3n) is 10.2. The quantitative estimate of drug-likeness (QED) is 0.0823. The van der Waals surface area contributed by atoms with Crippen LogP contribution in [0.4, 0.5) is 0 Å². The Balaban J connectivity index is 1.89. The average Bonchev–Trinajstić information content (AvgIpc) is 3.15. The fraction of sp³-hybridized carbons (Fsp3) is 0.659. The average molecular weight is 747 g/mol. The van der Waals surface area contributed by atoms with E-state index in [1.165, 1.54) is 23.5 Å². The van der Waals surface area contributed by atoms with E-state index in [0.717, 1.165) is 47.2 Å². The van der Waals surface area contributed by atoms with Crippen LogP contribution in [-0.2, 0) is 31.9 Å².